The first-order valence-electron chi connectivity index (χ1n) is 7.30. The smallest absolute Gasteiger partial charge is 0.339 e. The van der Waals surface area contributed by atoms with E-state index in [-0.39, 0.29) is 23.9 Å². The average Bonchev–Trinajstić information content (AvgIpc) is 2.48. The highest BCUT2D eigenvalue weighted by Crippen LogP contribution is 2.22. The number of aromatic carboxylic acids is 1. The first-order chi connectivity index (χ1) is 10.3. The largest absolute Gasteiger partial charge is 0.491 e. The molecule has 23 heavy (non-hydrogen) atoms. The van der Waals surface area contributed by atoms with Crippen molar-refractivity contribution < 1.29 is 19.4 Å². The first kappa shape index (κ1) is 19.3. The third-order valence-electron chi connectivity index (χ3n) is 4.10. The second kappa shape index (κ2) is 7.66. The van der Waals surface area contributed by atoms with Crippen molar-refractivity contribution in [2.24, 2.45) is 0 Å². The van der Waals surface area contributed by atoms with Crippen LogP contribution in [-0.2, 0) is 4.79 Å². The van der Waals surface area contributed by atoms with E-state index in [0.717, 1.165) is 6.54 Å². The van der Waals surface area contributed by atoms with Crippen LogP contribution in [0.4, 0.5) is 0 Å². The fourth-order valence-electron chi connectivity index (χ4n) is 2.68. The molecule has 0 unspecified atom stereocenters. The molecular formula is C16H23ClN2O4. The van der Waals surface area contributed by atoms with Crippen molar-refractivity contribution >= 4 is 24.3 Å². The van der Waals surface area contributed by atoms with Crippen LogP contribution in [0.3, 0.4) is 0 Å². The van der Waals surface area contributed by atoms with Gasteiger partial charge in [-0.1, -0.05) is 12.1 Å². The monoisotopic (exact) mass is 342 g/mol. The third kappa shape index (κ3) is 4.14. The summed E-state index contributed by atoms with van der Waals surface area (Å²) < 4.78 is 5.61. The minimum Gasteiger partial charge on any atom is -0.491 e. The van der Waals surface area contributed by atoms with E-state index in [9.17, 15) is 9.59 Å². The van der Waals surface area contributed by atoms with E-state index in [2.05, 4.69) is 4.90 Å². The van der Waals surface area contributed by atoms with Crippen LogP contribution in [0.15, 0.2) is 24.3 Å². The molecule has 1 saturated heterocycles. The highest BCUT2D eigenvalue weighted by atomic mass is 35.5. The summed E-state index contributed by atoms with van der Waals surface area (Å²) in [6, 6.07) is 6.56. The number of carboxylic acid groups (broad SMARTS) is 1. The SMILES string of the molecule is CN1CCN(CCOc2ccccc2C(=O)O)C(C)(C)C1=O.Cl. The molecule has 1 aromatic carbocycles. The summed E-state index contributed by atoms with van der Waals surface area (Å²) in [5.74, 6) is -0.566. The Morgan fingerprint density at radius 2 is 1.96 bits per heavy atom. The Bertz CT molecular complexity index is 577. The Morgan fingerprint density at radius 3 is 2.61 bits per heavy atom. The number of carboxylic acids is 1. The molecule has 0 radical (unpaired) electrons. The molecule has 1 N–H and O–H groups in total. The number of amides is 1. The number of halogens is 1. The van der Waals surface area contributed by atoms with Gasteiger partial charge in [-0.05, 0) is 26.0 Å². The molecule has 0 atom stereocenters. The number of piperazine rings is 1. The van der Waals surface area contributed by atoms with Crippen LogP contribution in [0.2, 0.25) is 0 Å². The fraction of sp³-hybridized carbons (Fsp3) is 0.500. The maximum absolute atomic E-state index is 12.2. The van der Waals surface area contributed by atoms with Crippen molar-refractivity contribution in [3.63, 3.8) is 0 Å². The van der Waals surface area contributed by atoms with E-state index in [1.165, 1.54) is 6.07 Å². The number of carbonyl (C=O) groups is 2. The van der Waals surface area contributed by atoms with Crippen molar-refractivity contribution in [1.29, 1.82) is 0 Å². The van der Waals surface area contributed by atoms with Crippen LogP contribution in [0.5, 0.6) is 5.75 Å². The summed E-state index contributed by atoms with van der Waals surface area (Å²) in [4.78, 5) is 27.1. The molecule has 0 bridgehead atoms. The number of hydrogen-bond donors (Lipinski definition) is 1. The Morgan fingerprint density at radius 1 is 1.30 bits per heavy atom. The van der Waals surface area contributed by atoms with E-state index in [4.69, 9.17) is 9.84 Å². The zero-order chi connectivity index (χ0) is 16.3. The highest BCUT2D eigenvalue weighted by Gasteiger charge is 2.40. The Balaban J connectivity index is 0.00000264. The zero-order valence-electron chi connectivity index (χ0n) is 13.6. The zero-order valence-corrected chi connectivity index (χ0v) is 14.4. The minimum atomic E-state index is -1.01. The summed E-state index contributed by atoms with van der Waals surface area (Å²) >= 11 is 0. The van der Waals surface area contributed by atoms with Gasteiger partial charge in [-0.3, -0.25) is 9.69 Å². The molecule has 1 aliphatic heterocycles. The van der Waals surface area contributed by atoms with Crippen LogP contribution in [0, 0.1) is 0 Å². The average molecular weight is 343 g/mol. The van der Waals surface area contributed by atoms with E-state index >= 15 is 0 Å². The van der Waals surface area contributed by atoms with Crippen molar-refractivity contribution in [3.8, 4) is 5.75 Å². The number of benzene rings is 1. The van der Waals surface area contributed by atoms with Gasteiger partial charge >= 0.3 is 5.97 Å². The van der Waals surface area contributed by atoms with E-state index in [1.54, 1.807) is 30.1 Å². The van der Waals surface area contributed by atoms with Crippen LogP contribution in [-0.4, -0.2) is 65.6 Å². The number of para-hydroxylation sites is 1. The van der Waals surface area contributed by atoms with Crippen molar-refractivity contribution in [3.05, 3.63) is 29.8 Å². The molecule has 7 heteroatoms. The predicted octanol–water partition coefficient (Wildman–Crippen LogP) is 1.74. The first-order valence-corrected chi connectivity index (χ1v) is 7.30. The highest BCUT2D eigenvalue weighted by molar-refractivity contribution is 5.90. The van der Waals surface area contributed by atoms with Gasteiger partial charge in [0, 0.05) is 26.7 Å². The lowest BCUT2D eigenvalue weighted by atomic mass is 9.98. The van der Waals surface area contributed by atoms with Crippen molar-refractivity contribution in [2.75, 3.05) is 33.3 Å². The van der Waals surface area contributed by atoms with E-state index in [1.807, 2.05) is 13.8 Å². The van der Waals surface area contributed by atoms with Gasteiger partial charge in [0.1, 0.15) is 17.9 Å². The lowest BCUT2D eigenvalue weighted by molar-refractivity contribution is -0.147. The number of likely N-dealkylation sites (N-methyl/N-ethyl adjacent to an activating group) is 1. The maximum atomic E-state index is 12.2. The second-order valence-corrected chi connectivity index (χ2v) is 5.92. The third-order valence-corrected chi connectivity index (χ3v) is 4.10. The number of rotatable bonds is 5. The molecule has 6 nitrogen and oxygen atoms in total. The standard InChI is InChI=1S/C16H22N2O4.ClH/c1-16(2)15(21)17(3)8-9-18(16)10-11-22-13-7-5-4-6-12(13)14(19)20;/h4-7H,8-11H2,1-3H3,(H,19,20);1H. The van der Waals surface area contributed by atoms with Crippen molar-refractivity contribution in [2.45, 2.75) is 19.4 Å². The summed E-state index contributed by atoms with van der Waals surface area (Å²) in [6.45, 7) is 6.17. The number of hydrogen-bond acceptors (Lipinski definition) is 4. The number of nitrogens with zero attached hydrogens (tertiary/aromatic N) is 2. The molecule has 128 valence electrons. The molecule has 0 saturated carbocycles. The quantitative estimate of drug-likeness (QED) is 0.882. The molecule has 1 amide bonds. The predicted molar refractivity (Wildman–Crippen MR) is 89.4 cm³/mol. The Hall–Kier alpha value is -1.79. The summed E-state index contributed by atoms with van der Waals surface area (Å²) in [5, 5.41) is 9.12. The van der Waals surface area contributed by atoms with Crippen LogP contribution in [0.1, 0.15) is 24.2 Å². The lowest BCUT2D eigenvalue weighted by Gasteiger charge is -2.44. The molecule has 1 heterocycles. The van der Waals surface area contributed by atoms with Crippen molar-refractivity contribution in [1.82, 2.24) is 9.80 Å². The second-order valence-electron chi connectivity index (χ2n) is 5.92. The lowest BCUT2D eigenvalue weighted by Crippen LogP contribution is -2.62. The van der Waals surface area contributed by atoms with E-state index in [0.29, 0.717) is 25.4 Å². The van der Waals surface area contributed by atoms with Gasteiger partial charge in [0.15, 0.2) is 0 Å². The van der Waals surface area contributed by atoms with Gasteiger partial charge in [-0.25, -0.2) is 4.79 Å². The number of carbonyl (C=O) groups excluding carboxylic acids is 1. The molecule has 1 fully saturated rings. The summed E-state index contributed by atoms with van der Waals surface area (Å²) in [7, 11) is 1.81. The van der Waals surface area contributed by atoms with Crippen LogP contribution < -0.4 is 4.74 Å². The van der Waals surface area contributed by atoms with Gasteiger partial charge in [-0.2, -0.15) is 0 Å². The topological polar surface area (TPSA) is 70.1 Å². The van der Waals surface area contributed by atoms with Gasteiger partial charge in [0.2, 0.25) is 5.91 Å². The Kier molecular flexibility index (Phi) is 6.41. The fourth-order valence-corrected chi connectivity index (χ4v) is 2.68. The van der Waals surface area contributed by atoms with Crippen LogP contribution in [0.25, 0.3) is 0 Å². The van der Waals surface area contributed by atoms with Gasteiger partial charge in [-0.15, -0.1) is 12.4 Å². The molecule has 1 aliphatic rings. The summed E-state index contributed by atoms with van der Waals surface area (Å²) in [5.41, 5.74) is -0.418. The minimum absolute atomic E-state index is 0. The Labute approximate surface area is 142 Å². The maximum Gasteiger partial charge on any atom is 0.339 e. The van der Waals surface area contributed by atoms with Crippen LogP contribution >= 0.6 is 12.4 Å². The molecular weight excluding hydrogens is 320 g/mol. The van der Waals surface area contributed by atoms with Gasteiger partial charge in [0.05, 0.1) is 5.54 Å². The molecule has 0 spiro atoms. The number of ether oxygens (including phenoxy) is 1. The molecule has 1 aromatic rings. The van der Waals surface area contributed by atoms with E-state index < -0.39 is 11.5 Å². The molecule has 0 aliphatic carbocycles. The van der Waals surface area contributed by atoms with Gasteiger partial charge in [0.25, 0.3) is 0 Å². The molecule has 2 rings (SSSR count). The molecule has 0 aromatic heterocycles. The van der Waals surface area contributed by atoms with Gasteiger partial charge < -0.3 is 14.7 Å². The summed E-state index contributed by atoms with van der Waals surface area (Å²) in [6.07, 6.45) is 0. The normalized spacial score (nSPS) is 17.5.